The molecule has 1 aromatic heterocycles. The average molecular weight is 285 g/mol. The summed E-state index contributed by atoms with van der Waals surface area (Å²) in [5.74, 6) is 0. The predicted molar refractivity (Wildman–Crippen MR) is 85.2 cm³/mol. The molecule has 4 heteroatoms. The Hall–Kier alpha value is -1.49. The van der Waals surface area contributed by atoms with Crippen molar-refractivity contribution in [3.8, 4) is 0 Å². The van der Waals surface area contributed by atoms with Crippen molar-refractivity contribution >= 4 is 10.9 Å². The van der Waals surface area contributed by atoms with Crippen molar-refractivity contribution in [1.82, 2.24) is 14.8 Å². The van der Waals surface area contributed by atoms with Crippen molar-refractivity contribution in [2.45, 2.75) is 18.6 Å². The van der Waals surface area contributed by atoms with E-state index in [2.05, 4.69) is 28.9 Å². The summed E-state index contributed by atoms with van der Waals surface area (Å²) in [6.45, 7) is 2.99. The van der Waals surface area contributed by atoms with E-state index in [1.807, 2.05) is 30.3 Å². The molecule has 4 nitrogen and oxygen atoms in total. The summed E-state index contributed by atoms with van der Waals surface area (Å²) in [5.41, 5.74) is 1.92. The molecule has 0 saturated carbocycles. The topological polar surface area (TPSA) is 39.6 Å². The Morgan fingerprint density at radius 1 is 1.19 bits per heavy atom. The van der Waals surface area contributed by atoms with Crippen LogP contribution in [-0.2, 0) is 0 Å². The molecular formula is C17H23N3O. The van der Waals surface area contributed by atoms with Gasteiger partial charge in [0.05, 0.1) is 17.7 Å². The molecule has 1 aromatic carbocycles. The highest BCUT2D eigenvalue weighted by Gasteiger charge is 2.29. The Balaban J connectivity index is 1.97. The van der Waals surface area contributed by atoms with Crippen LogP contribution in [-0.4, -0.2) is 59.7 Å². The Bertz CT molecular complexity index is 611. The lowest BCUT2D eigenvalue weighted by atomic mass is 9.97. The molecule has 0 radical (unpaired) electrons. The zero-order chi connectivity index (χ0) is 14.8. The minimum atomic E-state index is -0.497. The van der Waals surface area contributed by atoms with E-state index in [0.717, 1.165) is 42.5 Å². The number of pyridine rings is 1. The Morgan fingerprint density at radius 3 is 2.90 bits per heavy atom. The van der Waals surface area contributed by atoms with Crippen LogP contribution in [0.1, 0.15) is 18.1 Å². The van der Waals surface area contributed by atoms with Crippen molar-refractivity contribution < 1.29 is 5.11 Å². The third-order valence-corrected chi connectivity index (χ3v) is 4.48. The van der Waals surface area contributed by atoms with Crippen LogP contribution in [0.2, 0.25) is 0 Å². The van der Waals surface area contributed by atoms with Gasteiger partial charge < -0.3 is 10.0 Å². The number of aliphatic hydroxyl groups excluding tert-OH is 1. The second-order valence-electron chi connectivity index (χ2n) is 6.03. The monoisotopic (exact) mass is 285 g/mol. The highest BCUT2D eigenvalue weighted by Crippen LogP contribution is 2.28. The number of fused-ring (bicyclic) bond motifs is 1. The quantitative estimate of drug-likeness (QED) is 0.915. The number of rotatable bonds is 2. The molecular weight excluding hydrogens is 262 g/mol. The first-order valence-corrected chi connectivity index (χ1v) is 7.57. The molecule has 3 rings (SSSR count). The van der Waals surface area contributed by atoms with Crippen LogP contribution in [0.25, 0.3) is 10.9 Å². The number of aromatic nitrogens is 1. The summed E-state index contributed by atoms with van der Waals surface area (Å²) in [7, 11) is 4.24. The first-order valence-electron chi connectivity index (χ1n) is 7.57. The van der Waals surface area contributed by atoms with Gasteiger partial charge in [-0.15, -0.1) is 0 Å². The molecule has 1 aliphatic heterocycles. The molecule has 1 aliphatic rings. The van der Waals surface area contributed by atoms with Crippen LogP contribution in [0.3, 0.4) is 0 Å². The van der Waals surface area contributed by atoms with Gasteiger partial charge in [-0.05, 0) is 51.3 Å². The SMILES string of the molecule is CN1CCCN(C)C(C(O)c2cccc3ncccc23)C1. The van der Waals surface area contributed by atoms with Crippen molar-refractivity contribution in [1.29, 1.82) is 0 Å². The van der Waals surface area contributed by atoms with Gasteiger partial charge >= 0.3 is 0 Å². The van der Waals surface area contributed by atoms with Gasteiger partial charge in [-0.2, -0.15) is 0 Å². The average Bonchev–Trinajstić information content (AvgIpc) is 2.67. The fraction of sp³-hybridized carbons (Fsp3) is 0.471. The summed E-state index contributed by atoms with van der Waals surface area (Å²) in [4.78, 5) is 8.97. The van der Waals surface area contributed by atoms with Gasteiger partial charge in [0.1, 0.15) is 0 Å². The molecule has 0 amide bonds. The van der Waals surface area contributed by atoms with E-state index in [4.69, 9.17) is 0 Å². The Morgan fingerprint density at radius 2 is 2.05 bits per heavy atom. The normalized spacial score (nSPS) is 23.1. The van der Waals surface area contributed by atoms with Gasteiger partial charge in [-0.3, -0.25) is 9.88 Å². The van der Waals surface area contributed by atoms with Crippen LogP contribution in [0.4, 0.5) is 0 Å². The van der Waals surface area contributed by atoms with E-state index in [9.17, 15) is 5.11 Å². The van der Waals surface area contributed by atoms with Crippen molar-refractivity contribution in [3.05, 3.63) is 42.1 Å². The Labute approximate surface area is 126 Å². The lowest BCUT2D eigenvalue weighted by Crippen LogP contribution is -2.42. The van der Waals surface area contributed by atoms with Crippen molar-refractivity contribution in [2.75, 3.05) is 33.7 Å². The van der Waals surface area contributed by atoms with Crippen LogP contribution in [0.15, 0.2) is 36.5 Å². The van der Waals surface area contributed by atoms with Gasteiger partial charge in [0.2, 0.25) is 0 Å². The lowest BCUT2D eigenvalue weighted by Gasteiger charge is -2.32. The number of aliphatic hydroxyl groups is 1. The first kappa shape index (κ1) is 14.4. The van der Waals surface area contributed by atoms with E-state index in [1.54, 1.807) is 6.20 Å². The van der Waals surface area contributed by atoms with E-state index >= 15 is 0 Å². The molecule has 1 saturated heterocycles. The Kier molecular flexibility index (Phi) is 4.19. The van der Waals surface area contributed by atoms with Gasteiger partial charge in [0, 0.05) is 18.1 Å². The number of nitrogens with zero attached hydrogens (tertiary/aromatic N) is 3. The molecule has 112 valence electrons. The van der Waals surface area contributed by atoms with Crippen LogP contribution < -0.4 is 0 Å². The number of benzene rings is 1. The summed E-state index contributed by atoms with van der Waals surface area (Å²) in [6, 6.07) is 10.1. The third kappa shape index (κ3) is 2.93. The molecule has 2 unspecified atom stereocenters. The summed E-state index contributed by atoms with van der Waals surface area (Å²) >= 11 is 0. The minimum absolute atomic E-state index is 0.114. The molecule has 0 aliphatic carbocycles. The third-order valence-electron chi connectivity index (χ3n) is 4.48. The van der Waals surface area contributed by atoms with Gasteiger partial charge in [0.15, 0.2) is 0 Å². The van der Waals surface area contributed by atoms with Crippen LogP contribution in [0.5, 0.6) is 0 Å². The van der Waals surface area contributed by atoms with Crippen molar-refractivity contribution in [2.24, 2.45) is 0 Å². The number of hydrogen-bond donors (Lipinski definition) is 1. The maximum atomic E-state index is 11.0. The molecule has 2 atom stereocenters. The molecule has 2 heterocycles. The van der Waals surface area contributed by atoms with E-state index < -0.39 is 6.10 Å². The molecule has 1 fully saturated rings. The highest BCUT2D eigenvalue weighted by molar-refractivity contribution is 5.82. The van der Waals surface area contributed by atoms with E-state index in [1.165, 1.54) is 0 Å². The fourth-order valence-electron chi connectivity index (χ4n) is 3.24. The van der Waals surface area contributed by atoms with Crippen molar-refractivity contribution in [3.63, 3.8) is 0 Å². The molecule has 0 spiro atoms. The smallest absolute Gasteiger partial charge is 0.0964 e. The molecule has 1 N–H and O–H groups in total. The summed E-state index contributed by atoms with van der Waals surface area (Å²) in [5, 5.41) is 12.0. The minimum Gasteiger partial charge on any atom is -0.387 e. The van der Waals surface area contributed by atoms with E-state index in [-0.39, 0.29) is 6.04 Å². The number of likely N-dealkylation sites (N-methyl/N-ethyl adjacent to an activating group) is 2. The maximum absolute atomic E-state index is 11.0. The lowest BCUT2D eigenvalue weighted by molar-refractivity contribution is 0.0582. The molecule has 21 heavy (non-hydrogen) atoms. The van der Waals surface area contributed by atoms with Gasteiger partial charge in [0.25, 0.3) is 0 Å². The standard InChI is InChI=1S/C17H23N3O/c1-19-10-5-11-20(2)16(12-19)17(21)14-6-3-8-15-13(14)7-4-9-18-15/h3-4,6-9,16-17,21H,5,10-12H2,1-2H3. The van der Waals surface area contributed by atoms with Crippen LogP contribution in [0, 0.1) is 0 Å². The predicted octanol–water partition coefficient (Wildman–Crippen LogP) is 1.90. The summed E-state index contributed by atoms with van der Waals surface area (Å²) < 4.78 is 0. The second kappa shape index (κ2) is 6.10. The molecule has 2 aromatic rings. The zero-order valence-corrected chi connectivity index (χ0v) is 12.7. The highest BCUT2D eigenvalue weighted by atomic mass is 16.3. The fourth-order valence-corrected chi connectivity index (χ4v) is 3.24. The van der Waals surface area contributed by atoms with Crippen LogP contribution >= 0.6 is 0 Å². The van der Waals surface area contributed by atoms with Gasteiger partial charge in [-0.25, -0.2) is 0 Å². The van der Waals surface area contributed by atoms with Gasteiger partial charge in [-0.1, -0.05) is 18.2 Å². The summed E-state index contributed by atoms with van der Waals surface area (Å²) in [6.07, 6.45) is 2.45. The first-order chi connectivity index (χ1) is 10.2. The molecule has 0 bridgehead atoms. The largest absolute Gasteiger partial charge is 0.387 e. The zero-order valence-electron chi connectivity index (χ0n) is 12.7. The second-order valence-corrected chi connectivity index (χ2v) is 6.03. The van der Waals surface area contributed by atoms with E-state index in [0.29, 0.717) is 0 Å². The number of hydrogen-bond acceptors (Lipinski definition) is 4. The maximum Gasteiger partial charge on any atom is 0.0964 e.